The highest BCUT2D eigenvalue weighted by Crippen LogP contribution is 2.15. The normalized spacial score (nSPS) is 10.8. The molecule has 0 aromatic carbocycles. The van der Waals surface area contributed by atoms with Gasteiger partial charge in [-0.05, 0) is 0 Å². The summed E-state index contributed by atoms with van der Waals surface area (Å²) in [4.78, 5) is 42.8. The minimum atomic E-state index is -0.546. The number of carbonyl (C=O) groups is 1. The van der Waals surface area contributed by atoms with E-state index < -0.39 is 11.2 Å². The van der Waals surface area contributed by atoms with Crippen molar-refractivity contribution in [3.63, 3.8) is 0 Å². The fraction of sp³-hybridized carbons (Fsp3) is 0.250. The molecule has 0 spiro atoms. The maximum Gasteiger partial charge on any atom is 0.329 e. The molecular formula is C8H10N6O3S. The van der Waals surface area contributed by atoms with E-state index in [0.717, 1.165) is 11.8 Å². The average molecular weight is 270 g/mol. The van der Waals surface area contributed by atoms with Gasteiger partial charge in [0.25, 0.3) is 5.56 Å². The quantitative estimate of drug-likeness (QED) is 0.221. The SMILES string of the molecule is Cn1c(=O)[nH]c(=O)c2[nH]c(SCC(=O)NN)nc21. The second-order valence-corrected chi connectivity index (χ2v) is 4.38. The Hall–Kier alpha value is -2.07. The number of H-pyrrole nitrogens is 2. The van der Waals surface area contributed by atoms with Gasteiger partial charge in [-0.1, -0.05) is 11.8 Å². The number of aromatic amines is 2. The lowest BCUT2D eigenvalue weighted by atomic mass is 10.5. The minimum absolute atomic E-state index is 0.0577. The van der Waals surface area contributed by atoms with Crippen LogP contribution in [0.4, 0.5) is 0 Å². The third kappa shape index (κ3) is 2.15. The van der Waals surface area contributed by atoms with Crippen LogP contribution in [-0.2, 0) is 11.8 Å². The molecular weight excluding hydrogens is 260 g/mol. The first-order valence-corrected chi connectivity index (χ1v) is 5.82. The van der Waals surface area contributed by atoms with Crippen LogP contribution in [0.1, 0.15) is 0 Å². The number of nitrogens with zero attached hydrogens (tertiary/aromatic N) is 2. The number of amides is 1. The second-order valence-electron chi connectivity index (χ2n) is 3.42. The molecule has 0 bridgehead atoms. The first-order chi connectivity index (χ1) is 8.52. The minimum Gasteiger partial charge on any atom is -0.327 e. The largest absolute Gasteiger partial charge is 0.329 e. The molecule has 2 aromatic heterocycles. The van der Waals surface area contributed by atoms with E-state index in [1.807, 2.05) is 5.43 Å². The Kier molecular flexibility index (Phi) is 3.21. The lowest BCUT2D eigenvalue weighted by molar-refractivity contribution is -0.118. The van der Waals surface area contributed by atoms with E-state index in [9.17, 15) is 14.4 Å². The number of hydrogen-bond donors (Lipinski definition) is 4. The summed E-state index contributed by atoms with van der Waals surface area (Å²) in [7, 11) is 1.49. The molecule has 9 nitrogen and oxygen atoms in total. The second kappa shape index (κ2) is 4.66. The van der Waals surface area contributed by atoms with Crippen molar-refractivity contribution in [3.05, 3.63) is 20.8 Å². The van der Waals surface area contributed by atoms with Crippen molar-refractivity contribution in [2.24, 2.45) is 12.9 Å². The van der Waals surface area contributed by atoms with E-state index in [1.165, 1.54) is 11.6 Å². The highest BCUT2D eigenvalue weighted by atomic mass is 32.2. The number of imidazole rings is 1. The van der Waals surface area contributed by atoms with Gasteiger partial charge >= 0.3 is 5.69 Å². The van der Waals surface area contributed by atoms with Gasteiger partial charge in [-0.15, -0.1) is 0 Å². The first-order valence-electron chi connectivity index (χ1n) is 4.84. The van der Waals surface area contributed by atoms with Gasteiger partial charge in [-0.3, -0.25) is 24.6 Å². The van der Waals surface area contributed by atoms with Gasteiger partial charge in [0.15, 0.2) is 16.3 Å². The van der Waals surface area contributed by atoms with Crippen LogP contribution >= 0.6 is 11.8 Å². The summed E-state index contributed by atoms with van der Waals surface area (Å²) in [5.41, 5.74) is 1.31. The van der Waals surface area contributed by atoms with Crippen molar-refractivity contribution < 1.29 is 4.79 Å². The zero-order chi connectivity index (χ0) is 13.3. The predicted octanol–water partition coefficient (Wildman–Crippen LogP) is -1.97. The Morgan fingerprint density at radius 1 is 1.50 bits per heavy atom. The lowest BCUT2D eigenvalue weighted by Gasteiger charge is -1.95. The molecule has 0 atom stereocenters. The van der Waals surface area contributed by atoms with Gasteiger partial charge in [-0.2, -0.15) is 0 Å². The maximum atomic E-state index is 11.5. The molecule has 96 valence electrons. The molecule has 0 saturated heterocycles. The number of thioether (sulfide) groups is 1. The average Bonchev–Trinajstić information content (AvgIpc) is 2.78. The summed E-state index contributed by atoms with van der Waals surface area (Å²) in [5.74, 6) is 4.62. The van der Waals surface area contributed by atoms with E-state index in [0.29, 0.717) is 5.16 Å². The third-order valence-electron chi connectivity index (χ3n) is 2.23. The zero-order valence-corrected chi connectivity index (χ0v) is 10.1. The van der Waals surface area contributed by atoms with Gasteiger partial charge in [0.05, 0.1) is 5.75 Å². The molecule has 0 saturated carbocycles. The Labute approximate surface area is 104 Å². The molecule has 2 rings (SSSR count). The molecule has 0 aliphatic rings. The summed E-state index contributed by atoms with van der Waals surface area (Å²) in [5, 5.41) is 0.361. The Morgan fingerprint density at radius 3 is 2.89 bits per heavy atom. The summed E-state index contributed by atoms with van der Waals surface area (Å²) in [6, 6.07) is 0. The Balaban J connectivity index is 2.42. The van der Waals surface area contributed by atoms with E-state index in [1.54, 1.807) is 0 Å². The topological polar surface area (TPSA) is 139 Å². The molecule has 5 N–H and O–H groups in total. The van der Waals surface area contributed by atoms with E-state index in [4.69, 9.17) is 5.84 Å². The van der Waals surface area contributed by atoms with Crippen molar-refractivity contribution >= 4 is 28.8 Å². The number of aryl methyl sites for hydroxylation is 1. The van der Waals surface area contributed by atoms with Crippen molar-refractivity contribution in [2.45, 2.75) is 5.16 Å². The Morgan fingerprint density at radius 2 is 2.22 bits per heavy atom. The molecule has 10 heteroatoms. The number of fused-ring (bicyclic) bond motifs is 1. The van der Waals surface area contributed by atoms with Crippen molar-refractivity contribution in [1.82, 2.24) is 24.9 Å². The van der Waals surface area contributed by atoms with Gasteiger partial charge < -0.3 is 4.98 Å². The summed E-state index contributed by atoms with van der Waals surface area (Å²) in [6.45, 7) is 0. The van der Waals surface area contributed by atoms with Crippen LogP contribution < -0.4 is 22.5 Å². The fourth-order valence-corrected chi connectivity index (χ4v) is 2.00. The van der Waals surface area contributed by atoms with Crippen LogP contribution in [0.5, 0.6) is 0 Å². The van der Waals surface area contributed by atoms with Crippen LogP contribution in [0.2, 0.25) is 0 Å². The van der Waals surface area contributed by atoms with E-state index in [2.05, 4.69) is 15.0 Å². The molecule has 18 heavy (non-hydrogen) atoms. The van der Waals surface area contributed by atoms with E-state index >= 15 is 0 Å². The molecule has 0 unspecified atom stereocenters. The molecule has 0 aliphatic heterocycles. The highest BCUT2D eigenvalue weighted by molar-refractivity contribution is 7.99. The zero-order valence-electron chi connectivity index (χ0n) is 9.31. The number of rotatable bonds is 3. The first kappa shape index (κ1) is 12.4. The predicted molar refractivity (Wildman–Crippen MR) is 65.0 cm³/mol. The van der Waals surface area contributed by atoms with Gasteiger partial charge in [0, 0.05) is 7.05 Å². The molecule has 0 aliphatic carbocycles. The summed E-state index contributed by atoms with van der Waals surface area (Å²) >= 11 is 1.08. The molecule has 2 heterocycles. The van der Waals surface area contributed by atoms with Gasteiger partial charge in [0.2, 0.25) is 5.91 Å². The lowest BCUT2D eigenvalue weighted by Crippen LogP contribution is -2.31. The smallest absolute Gasteiger partial charge is 0.327 e. The summed E-state index contributed by atoms with van der Waals surface area (Å²) in [6.07, 6.45) is 0. The van der Waals surface area contributed by atoms with Crippen LogP contribution in [-0.4, -0.2) is 31.2 Å². The Bertz CT molecular complexity index is 714. The van der Waals surface area contributed by atoms with Crippen LogP contribution in [0, 0.1) is 0 Å². The number of aromatic nitrogens is 4. The van der Waals surface area contributed by atoms with Crippen molar-refractivity contribution in [3.8, 4) is 0 Å². The fourth-order valence-electron chi connectivity index (χ4n) is 1.33. The number of carbonyl (C=O) groups excluding carboxylic acids is 1. The number of hydrogen-bond acceptors (Lipinski definition) is 6. The highest BCUT2D eigenvalue weighted by Gasteiger charge is 2.11. The number of nitrogens with one attached hydrogen (secondary N) is 3. The monoisotopic (exact) mass is 270 g/mol. The van der Waals surface area contributed by atoms with Crippen molar-refractivity contribution in [1.29, 1.82) is 0 Å². The van der Waals surface area contributed by atoms with Gasteiger partial charge in [-0.25, -0.2) is 15.6 Å². The third-order valence-corrected chi connectivity index (χ3v) is 3.11. The maximum absolute atomic E-state index is 11.5. The van der Waals surface area contributed by atoms with Crippen LogP contribution in [0.15, 0.2) is 14.7 Å². The molecule has 0 fully saturated rings. The molecule has 2 aromatic rings. The van der Waals surface area contributed by atoms with E-state index in [-0.39, 0.29) is 22.8 Å². The van der Waals surface area contributed by atoms with Crippen LogP contribution in [0.3, 0.4) is 0 Å². The van der Waals surface area contributed by atoms with Crippen molar-refractivity contribution in [2.75, 3.05) is 5.75 Å². The number of nitrogens with two attached hydrogens (primary N) is 1. The summed E-state index contributed by atoms with van der Waals surface area (Å²) < 4.78 is 1.21. The standard InChI is InChI=1S/C8H10N6O3S/c1-14-5-4(6(16)12-8(14)17)10-7(11-5)18-2-3(15)13-9/h2,9H2,1H3,(H,10,11)(H,13,15)(H,12,16,17). The molecule has 0 radical (unpaired) electrons. The van der Waals surface area contributed by atoms with Gasteiger partial charge in [0.1, 0.15) is 0 Å². The van der Waals surface area contributed by atoms with Crippen LogP contribution in [0.25, 0.3) is 11.2 Å². The molecule has 1 amide bonds. The number of hydrazine groups is 1.